The molecule has 0 aromatic heterocycles. The lowest BCUT2D eigenvalue weighted by Crippen LogP contribution is -2.13. The van der Waals surface area contributed by atoms with E-state index >= 15 is 0 Å². The first-order valence-electron chi connectivity index (χ1n) is 5.02. The average molecular weight is 208 g/mol. The van der Waals surface area contributed by atoms with Crippen molar-refractivity contribution in [2.45, 2.75) is 6.42 Å². The molecule has 14 heavy (non-hydrogen) atoms. The molecule has 76 valence electrons. The number of hydrogen-bond donors (Lipinski definition) is 2. The second kappa shape index (κ2) is 4.60. The Labute approximate surface area is 89.3 Å². The molecule has 0 spiro atoms. The lowest BCUT2D eigenvalue weighted by Gasteiger charge is -2.11. The van der Waals surface area contributed by atoms with E-state index in [1.165, 1.54) is 23.6 Å². The predicted octanol–water partition coefficient (Wildman–Crippen LogP) is 2.43. The molecule has 1 aliphatic rings. The largest absolute Gasteiger partial charge is 0.399 e. The van der Waals surface area contributed by atoms with E-state index in [2.05, 4.69) is 17.1 Å². The van der Waals surface area contributed by atoms with Gasteiger partial charge in [-0.3, -0.25) is 0 Å². The fourth-order valence-corrected chi connectivity index (χ4v) is 2.89. The van der Waals surface area contributed by atoms with Gasteiger partial charge in [-0.05, 0) is 48.1 Å². The van der Waals surface area contributed by atoms with Crippen molar-refractivity contribution >= 4 is 23.1 Å². The van der Waals surface area contributed by atoms with Gasteiger partial charge < -0.3 is 11.1 Å². The van der Waals surface area contributed by atoms with E-state index in [9.17, 15) is 0 Å². The Hall–Kier alpha value is -0.830. The van der Waals surface area contributed by atoms with E-state index in [1.807, 2.05) is 24.3 Å². The Bertz CT molecular complexity index is 278. The van der Waals surface area contributed by atoms with Crippen LogP contribution in [0.5, 0.6) is 0 Å². The van der Waals surface area contributed by atoms with Crippen molar-refractivity contribution in [1.82, 2.24) is 0 Å². The molecule has 2 rings (SSSR count). The maximum Gasteiger partial charge on any atom is 0.0341 e. The summed E-state index contributed by atoms with van der Waals surface area (Å²) in [5.41, 5.74) is 7.62. The van der Waals surface area contributed by atoms with Crippen LogP contribution in [-0.2, 0) is 0 Å². The van der Waals surface area contributed by atoms with Gasteiger partial charge in [0.15, 0.2) is 0 Å². The maximum atomic E-state index is 5.61. The molecule has 1 aromatic rings. The summed E-state index contributed by atoms with van der Waals surface area (Å²) in [5, 5.41) is 3.44. The first-order valence-corrected chi connectivity index (χ1v) is 6.17. The van der Waals surface area contributed by atoms with Crippen LogP contribution in [0, 0.1) is 5.92 Å². The van der Waals surface area contributed by atoms with Crippen molar-refractivity contribution in [3.8, 4) is 0 Å². The Kier molecular flexibility index (Phi) is 3.19. The predicted molar refractivity (Wildman–Crippen MR) is 64.8 cm³/mol. The Morgan fingerprint density at radius 2 is 2.14 bits per heavy atom. The molecule has 2 nitrogen and oxygen atoms in total. The minimum atomic E-state index is 0.826. The van der Waals surface area contributed by atoms with Gasteiger partial charge in [0.1, 0.15) is 0 Å². The Morgan fingerprint density at radius 3 is 2.79 bits per heavy atom. The van der Waals surface area contributed by atoms with Gasteiger partial charge in [0, 0.05) is 17.9 Å². The highest BCUT2D eigenvalue weighted by molar-refractivity contribution is 7.99. The zero-order chi connectivity index (χ0) is 9.80. The van der Waals surface area contributed by atoms with E-state index in [0.717, 1.165) is 18.2 Å². The molecule has 1 aromatic carbocycles. The Morgan fingerprint density at radius 1 is 1.36 bits per heavy atom. The molecule has 0 radical (unpaired) electrons. The molecule has 1 unspecified atom stereocenters. The molecular weight excluding hydrogens is 192 g/mol. The van der Waals surface area contributed by atoms with Gasteiger partial charge in [-0.15, -0.1) is 0 Å². The lowest BCUT2D eigenvalue weighted by atomic mass is 10.1. The zero-order valence-electron chi connectivity index (χ0n) is 8.20. The van der Waals surface area contributed by atoms with Crippen molar-refractivity contribution < 1.29 is 0 Å². The van der Waals surface area contributed by atoms with Gasteiger partial charge in [-0.25, -0.2) is 0 Å². The quantitative estimate of drug-likeness (QED) is 0.749. The van der Waals surface area contributed by atoms with Gasteiger partial charge in [-0.2, -0.15) is 11.8 Å². The number of nitrogens with two attached hydrogens (primary N) is 1. The summed E-state index contributed by atoms with van der Waals surface area (Å²) < 4.78 is 0. The van der Waals surface area contributed by atoms with Gasteiger partial charge >= 0.3 is 0 Å². The fourth-order valence-electron chi connectivity index (χ4n) is 1.61. The number of anilines is 2. The van der Waals surface area contributed by atoms with Crippen molar-refractivity contribution in [3.63, 3.8) is 0 Å². The normalized spacial score (nSPS) is 21.0. The highest BCUT2D eigenvalue weighted by Gasteiger charge is 2.14. The van der Waals surface area contributed by atoms with E-state index in [-0.39, 0.29) is 0 Å². The van der Waals surface area contributed by atoms with Gasteiger partial charge in [0.05, 0.1) is 0 Å². The topological polar surface area (TPSA) is 38.0 Å². The fraction of sp³-hybridized carbons (Fsp3) is 0.455. The van der Waals surface area contributed by atoms with Crippen LogP contribution in [0.15, 0.2) is 24.3 Å². The molecule has 0 saturated carbocycles. The highest BCUT2D eigenvalue weighted by Crippen LogP contribution is 2.23. The van der Waals surface area contributed by atoms with Gasteiger partial charge in [0.25, 0.3) is 0 Å². The van der Waals surface area contributed by atoms with Gasteiger partial charge in [-0.1, -0.05) is 0 Å². The molecule has 1 fully saturated rings. The second-order valence-corrected chi connectivity index (χ2v) is 4.88. The van der Waals surface area contributed by atoms with Crippen LogP contribution in [-0.4, -0.2) is 18.1 Å². The van der Waals surface area contributed by atoms with Crippen molar-refractivity contribution in [2.24, 2.45) is 5.92 Å². The Balaban J connectivity index is 1.82. The van der Waals surface area contributed by atoms with Crippen LogP contribution >= 0.6 is 11.8 Å². The molecule has 0 bridgehead atoms. The molecule has 1 saturated heterocycles. The molecule has 0 amide bonds. The van der Waals surface area contributed by atoms with E-state index in [4.69, 9.17) is 5.73 Å². The minimum Gasteiger partial charge on any atom is -0.399 e. The van der Waals surface area contributed by atoms with Crippen LogP contribution in [0.4, 0.5) is 11.4 Å². The molecule has 1 heterocycles. The summed E-state index contributed by atoms with van der Waals surface area (Å²) in [7, 11) is 0. The third kappa shape index (κ3) is 2.58. The van der Waals surface area contributed by atoms with Crippen molar-refractivity contribution in [1.29, 1.82) is 0 Å². The number of benzene rings is 1. The van der Waals surface area contributed by atoms with Crippen LogP contribution in [0.25, 0.3) is 0 Å². The van der Waals surface area contributed by atoms with E-state index < -0.39 is 0 Å². The zero-order valence-corrected chi connectivity index (χ0v) is 9.02. The summed E-state index contributed by atoms with van der Waals surface area (Å²) in [6.07, 6.45) is 1.35. The van der Waals surface area contributed by atoms with Crippen LogP contribution in [0.1, 0.15) is 6.42 Å². The van der Waals surface area contributed by atoms with E-state index in [1.54, 1.807) is 0 Å². The standard InChI is InChI=1S/C11H16N2S/c12-10-1-3-11(4-2-10)13-7-9-5-6-14-8-9/h1-4,9,13H,5-8,12H2. The van der Waals surface area contributed by atoms with Crippen molar-refractivity contribution in [2.75, 3.05) is 29.1 Å². The van der Waals surface area contributed by atoms with Gasteiger partial charge in [0.2, 0.25) is 0 Å². The summed E-state index contributed by atoms with van der Waals surface area (Å²) in [4.78, 5) is 0. The molecule has 1 atom stereocenters. The monoisotopic (exact) mass is 208 g/mol. The van der Waals surface area contributed by atoms with Crippen LogP contribution in [0.3, 0.4) is 0 Å². The minimum absolute atomic E-state index is 0.826. The summed E-state index contributed by atoms with van der Waals surface area (Å²) in [6, 6.07) is 7.95. The third-order valence-corrected chi connectivity index (χ3v) is 3.76. The molecular formula is C11H16N2S. The SMILES string of the molecule is Nc1ccc(NCC2CCSC2)cc1. The first-order chi connectivity index (χ1) is 6.84. The van der Waals surface area contributed by atoms with E-state index in [0.29, 0.717) is 0 Å². The molecule has 1 aliphatic heterocycles. The first kappa shape index (κ1) is 9.71. The lowest BCUT2D eigenvalue weighted by molar-refractivity contribution is 0.632. The number of rotatable bonds is 3. The molecule has 3 heteroatoms. The number of nitrogens with one attached hydrogen (secondary N) is 1. The summed E-state index contributed by atoms with van der Waals surface area (Å²) in [5.74, 6) is 3.48. The van der Waals surface area contributed by atoms with Crippen molar-refractivity contribution in [3.05, 3.63) is 24.3 Å². The third-order valence-electron chi connectivity index (χ3n) is 2.53. The number of nitrogen functional groups attached to an aromatic ring is 1. The number of thioether (sulfide) groups is 1. The van der Waals surface area contributed by atoms with Crippen LogP contribution < -0.4 is 11.1 Å². The smallest absolute Gasteiger partial charge is 0.0341 e. The molecule has 3 N–H and O–H groups in total. The average Bonchev–Trinajstić information content (AvgIpc) is 2.70. The maximum absolute atomic E-state index is 5.61. The second-order valence-electron chi connectivity index (χ2n) is 3.73. The van der Waals surface area contributed by atoms with Crippen LogP contribution in [0.2, 0.25) is 0 Å². The molecule has 0 aliphatic carbocycles. The highest BCUT2D eigenvalue weighted by atomic mass is 32.2. The number of hydrogen-bond acceptors (Lipinski definition) is 3. The summed E-state index contributed by atoms with van der Waals surface area (Å²) >= 11 is 2.06. The summed E-state index contributed by atoms with van der Waals surface area (Å²) in [6.45, 7) is 1.09.